The zero-order valence-corrected chi connectivity index (χ0v) is 12.9. The maximum atomic E-state index is 11.7. The fourth-order valence-electron chi connectivity index (χ4n) is 1.27. The summed E-state index contributed by atoms with van der Waals surface area (Å²) in [5.74, 6) is -1.54. The highest BCUT2D eigenvalue weighted by atomic mass is 32.2. The summed E-state index contributed by atoms with van der Waals surface area (Å²) in [6.07, 6.45) is 1.13. The van der Waals surface area contributed by atoms with Crippen LogP contribution < -0.4 is 10.6 Å². The fraction of sp³-hybridized carbons (Fsp3) is 0.667. The Balaban J connectivity index is 4.04. The van der Waals surface area contributed by atoms with E-state index >= 15 is 0 Å². The van der Waals surface area contributed by atoms with E-state index in [0.717, 1.165) is 18.2 Å². The monoisotopic (exact) mass is 319 g/mol. The fourth-order valence-corrected chi connectivity index (χ4v) is 2.26. The lowest BCUT2D eigenvalue weighted by atomic mass is 10.3. The molecule has 0 aromatic heterocycles. The topological polar surface area (TPSA) is 116 Å². The lowest BCUT2D eigenvalue weighted by Crippen LogP contribution is -2.40. The van der Waals surface area contributed by atoms with Crippen molar-refractivity contribution < 1.29 is 24.3 Å². The highest BCUT2D eigenvalue weighted by Gasteiger charge is 2.18. The summed E-state index contributed by atoms with van der Waals surface area (Å²) in [4.78, 5) is 45.5. The number of nitrogens with zero attached hydrogens (tertiary/aromatic N) is 1. The molecular weight excluding hydrogens is 298 g/mol. The number of carbonyl (C=O) groups excluding carboxylic acids is 3. The van der Waals surface area contributed by atoms with Crippen LogP contribution in [0, 0.1) is 0 Å². The zero-order chi connectivity index (χ0) is 16.3. The summed E-state index contributed by atoms with van der Waals surface area (Å²) in [6, 6.07) is -1.03. The lowest BCUT2D eigenvalue weighted by molar-refractivity contribution is -0.139. The van der Waals surface area contributed by atoms with Crippen LogP contribution >= 0.6 is 11.8 Å². The van der Waals surface area contributed by atoms with Crippen LogP contribution in [0.5, 0.6) is 0 Å². The number of rotatable bonds is 11. The van der Waals surface area contributed by atoms with Gasteiger partial charge >= 0.3 is 5.97 Å². The first-order valence-corrected chi connectivity index (χ1v) is 7.58. The smallest absolute Gasteiger partial charge is 0.327 e. The van der Waals surface area contributed by atoms with E-state index in [-0.39, 0.29) is 29.9 Å². The third-order valence-corrected chi connectivity index (χ3v) is 3.48. The number of likely N-dealkylation sites (N-methyl/N-ethyl adjacent to an activating group) is 1. The van der Waals surface area contributed by atoms with Gasteiger partial charge < -0.3 is 20.6 Å². The van der Waals surface area contributed by atoms with E-state index in [1.165, 1.54) is 11.9 Å². The second-order valence-corrected chi connectivity index (χ2v) is 5.32. The maximum Gasteiger partial charge on any atom is 0.327 e. The summed E-state index contributed by atoms with van der Waals surface area (Å²) < 4.78 is 0. The van der Waals surface area contributed by atoms with Crippen molar-refractivity contribution in [1.29, 1.82) is 0 Å². The van der Waals surface area contributed by atoms with Crippen molar-refractivity contribution in [2.75, 3.05) is 31.6 Å². The molecular formula is C12H21N3O5S. The third kappa shape index (κ3) is 8.90. The lowest BCUT2D eigenvalue weighted by Gasteiger charge is -2.17. The minimum atomic E-state index is -1.16. The Bertz CT molecular complexity index is 378. The van der Waals surface area contributed by atoms with Crippen molar-refractivity contribution in [2.45, 2.75) is 19.4 Å². The number of carbonyl (C=O) groups is 4. The summed E-state index contributed by atoms with van der Waals surface area (Å²) in [7, 11) is 1.51. The van der Waals surface area contributed by atoms with Gasteiger partial charge in [0.1, 0.15) is 6.04 Å². The summed E-state index contributed by atoms with van der Waals surface area (Å²) in [5.41, 5.74) is 0. The largest absolute Gasteiger partial charge is 0.480 e. The van der Waals surface area contributed by atoms with E-state index in [0.29, 0.717) is 13.0 Å². The predicted octanol–water partition coefficient (Wildman–Crippen LogP) is -1.10. The van der Waals surface area contributed by atoms with Crippen LogP contribution in [0.25, 0.3) is 0 Å². The van der Waals surface area contributed by atoms with Crippen molar-refractivity contribution >= 4 is 36.0 Å². The van der Waals surface area contributed by atoms with Crippen LogP contribution in [0.2, 0.25) is 0 Å². The van der Waals surface area contributed by atoms with Crippen molar-refractivity contribution in [3.05, 3.63) is 0 Å². The minimum Gasteiger partial charge on any atom is -0.480 e. The van der Waals surface area contributed by atoms with Gasteiger partial charge in [-0.05, 0) is 6.42 Å². The molecule has 0 radical (unpaired) electrons. The molecule has 1 unspecified atom stereocenters. The Morgan fingerprint density at radius 2 is 2.05 bits per heavy atom. The molecule has 21 heavy (non-hydrogen) atoms. The molecule has 8 nitrogen and oxygen atoms in total. The SMILES string of the molecule is CCCNC(=O)CN(C)C(=O)CSCC(NC=O)C(=O)O. The molecule has 0 aromatic rings. The number of aliphatic carboxylic acids is 1. The van der Waals surface area contributed by atoms with Crippen LogP contribution in [-0.2, 0) is 19.2 Å². The van der Waals surface area contributed by atoms with Gasteiger partial charge in [-0.1, -0.05) is 6.92 Å². The molecule has 0 fully saturated rings. The molecule has 0 rings (SSSR count). The molecule has 0 aliphatic rings. The molecule has 0 heterocycles. The van der Waals surface area contributed by atoms with E-state index in [9.17, 15) is 19.2 Å². The standard InChI is InChI=1S/C12H21N3O5S/c1-3-4-13-10(17)5-15(2)11(18)7-21-6-9(12(19)20)14-8-16/h8-9H,3-7H2,1-2H3,(H,13,17)(H,14,16)(H,19,20). The molecule has 0 saturated heterocycles. The van der Waals surface area contributed by atoms with Gasteiger partial charge in [0.05, 0.1) is 12.3 Å². The van der Waals surface area contributed by atoms with Crippen LogP contribution in [-0.4, -0.2) is 71.9 Å². The number of carboxylic acids is 1. The summed E-state index contributed by atoms with van der Waals surface area (Å²) in [6.45, 7) is 2.46. The molecule has 0 aliphatic carbocycles. The zero-order valence-electron chi connectivity index (χ0n) is 12.1. The second-order valence-electron chi connectivity index (χ2n) is 4.29. The van der Waals surface area contributed by atoms with Crippen LogP contribution in [0.1, 0.15) is 13.3 Å². The number of thioether (sulfide) groups is 1. The second kappa shape index (κ2) is 11.0. The molecule has 0 aliphatic heterocycles. The summed E-state index contributed by atoms with van der Waals surface area (Å²) in [5, 5.41) is 13.6. The number of hydrogen-bond acceptors (Lipinski definition) is 5. The van der Waals surface area contributed by atoms with Gasteiger partial charge in [0.25, 0.3) is 0 Å². The van der Waals surface area contributed by atoms with E-state index < -0.39 is 12.0 Å². The number of nitrogens with one attached hydrogen (secondary N) is 2. The quantitative estimate of drug-likeness (QED) is 0.417. The molecule has 9 heteroatoms. The Hall–Kier alpha value is -1.77. The van der Waals surface area contributed by atoms with Gasteiger partial charge in [-0.15, -0.1) is 11.8 Å². The third-order valence-electron chi connectivity index (χ3n) is 2.46. The Morgan fingerprint density at radius 1 is 1.38 bits per heavy atom. The van der Waals surface area contributed by atoms with Gasteiger partial charge in [0.15, 0.2) is 0 Å². The van der Waals surface area contributed by atoms with Gasteiger partial charge in [-0.3, -0.25) is 14.4 Å². The molecule has 0 aromatic carbocycles. The predicted molar refractivity (Wildman–Crippen MR) is 78.9 cm³/mol. The maximum absolute atomic E-state index is 11.7. The average molecular weight is 319 g/mol. The van der Waals surface area contributed by atoms with Crippen LogP contribution in [0.15, 0.2) is 0 Å². The van der Waals surface area contributed by atoms with E-state index in [1.54, 1.807) is 0 Å². The van der Waals surface area contributed by atoms with E-state index in [4.69, 9.17) is 5.11 Å². The number of carboxylic acid groups (broad SMARTS) is 1. The van der Waals surface area contributed by atoms with Crippen LogP contribution in [0.4, 0.5) is 0 Å². The molecule has 3 N–H and O–H groups in total. The van der Waals surface area contributed by atoms with Gasteiger partial charge in [0, 0.05) is 19.3 Å². The first kappa shape index (κ1) is 19.2. The molecule has 0 spiro atoms. The van der Waals surface area contributed by atoms with E-state index in [1.807, 2.05) is 6.92 Å². The molecule has 0 bridgehead atoms. The van der Waals surface area contributed by atoms with Gasteiger partial charge in [0.2, 0.25) is 18.2 Å². The van der Waals surface area contributed by atoms with Gasteiger partial charge in [-0.25, -0.2) is 4.79 Å². The first-order chi connectivity index (χ1) is 9.92. The average Bonchev–Trinajstić information content (AvgIpc) is 2.43. The Morgan fingerprint density at radius 3 is 2.57 bits per heavy atom. The molecule has 1 atom stereocenters. The molecule has 0 saturated carbocycles. The highest BCUT2D eigenvalue weighted by Crippen LogP contribution is 2.05. The van der Waals surface area contributed by atoms with Crippen LogP contribution in [0.3, 0.4) is 0 Å². The Kier molecular flexibility index (Phi) is 10.0. The van der Waals surface area contributed by atoms with Crippen molar-refractivity contribution in [1.82, 2.24) is 15.5 Å². The minimum absolute atomic E-state index is 0.0334. The van der Waals surface area contributed by atoms with E-state index in [2.05, 4.69) is 10.6 Å². The number of hydrogen-bond donors (Lipinski definition) is 3. The normalized spacial score (nSPS) is 11.3. The first-order valence-electron chi connectivity index (χ1n) is 6.43. The Labute approximate surface area is 127 Å². The molecule has 120 valence electrons. The van der Waals surface area contributed by atoms with Crippen molar-refractivity contribution in [3.63, 3.8) is 0 Å². The van der Waals surface area contributed by atoms with Gasteiger partial charge in [-0.2, -0.15) is 0 Å². The number of amides is 3. The highest BCUT2D eigenvalue weighted by molar-refractivity contribution is 8.00. The summed E-state index contributed by atoms with van der Waals surface area (Å²) >= 11 is 1.09. The van der Waals surface area contributed by atoms with Crippen molar-refractivity contribution in [3.8, 4) is 0 Å². The van der Waals surface area contributed by atoms with Crippen molar-refractivity contribution in [2.24, 2.45) is 0 Å². The molecule has 3 amide bonds.